The highest BCUT2D eigenvalue weighted by molar-refractivity contribution is 6.31. The molecule has 0 fully saturated rings. The van der Waals surface area contributed by atoms with Gasteiger partial charge in [-0.2, -0.15) is 0 Å². The van der Waals surface area contributed by atoms with Crippen molar-refractivity contribution in [2.45, 2.75) is 19.8 Å². The van der Waals surface area contributed by atoms with Gasteiger partial charge in [0.05, 0.1) is 0 Å². The van der Waals surface area contributed by atoms with Crippen LogP contribution in [0.5, 0.6) is 0 Å². The molecule has 1 aliphatic rings. The Morgan fingerprint density at radius 1 is 1.24 bits per heavy atom. The Balaban J connectivity index is 1.99. The molecule has 0 radical (unpaired) electrons. The largest absolute Gasteiger partial charge is 0.341 e. The minimum atomic E-state index is 0.628. The second-order valence-electron chi connectivity index (χ2n) is 5.86. The Hall–Kier alpha value is -1.51. The van der Waals surface area contributed by atoms with Crippen LogP contribution in [0.1, 0.15) is 18.1 Å². The Kier molecular flexibility index (Phi) is 4.18. The molecule has 0 aliphatic carbocycles. The number of fused-ring (bicyclic) bond motifs is 1. The fourth-order valence-electron chi connectivity index (χ4n) is 3.10. The van der Waals surface area contributed by atoms with Crippen molar-refractivity contribution in [1.82, 2.24) is 0 Å². The summed E-state index contributed by atoms with van der Waals surface area (Å²) in [5.41, 5.74) is 10.6. The molecule has 2 nitrogen and oxygen atoms in total. The predicted molar refractivity (Wildman–Crippen MR) is 90.5 cm³/mol. The molecule has 1 aliphatic heterocycles. The zero-order valence-corrected chi connectivity index (χ0v) is 13.1. The van der Waals surface area contributed by atoms with Gasteiger partial charge in [0.1, 0.15) is 0 Å². The van der Waals surface area contributed by atoms with Crippen molar-refractivity contribution in [2.24, 2.45) is 11.7 Å². The van der Waals surface area contributed by atoms with E-state index in [-0.39, 0.29) is 0 Å². The highest BCUT2D eigenvalue weighted by Crippen LogP contribution is 2.36. The maximum atomic E-state index is 6.41. The lowest BCUT2D eigenvalue weighted by Gasteiger charge is -2.35. The first-order valence-electron chi connectivity index (χ1n) is 7.53. The van der Waals surface area contributed by atoms with Gasteiger partial charge in [-0.05, 0) is 54.6 Å². The summed E-state index contributed by atoms with van der Waals surface area (Å²) < 4.78 is 0. The number of halogens is 1. The lowest BCUT2D eigenvalue weighted by molar-refractivity contribution is 0.562. The first-order chi connectivity index (χ1) is 10.2. The number of hydrogen-bond acceptors (Lipinski definition) is 2. The van der Waals surface area contributed by atoms with Crippen LogP contribution in [-0.4, -0.2) is 13.1 Å². The molecule has 1 atom stereocenters. The molecule has 0 saturated carbocycles. The van der Waals surface area contributed by atoms with Crippen LogP contribution in [0.25, 0.3) is 0 Å². The molecule has 21 heavy (non-hydrogen) atoms. The minimum absolute atomic E-state index is 0.628. The van der Waals surface area contributed by atoms with Gasteiger partial charge >= 0.3 is 0 Å². The zero-order valence-electron chi connectivity index (χ0n) is 12.3. The molecule has 3 rings (SSSR count). The minimum Gasteiger partial charge on any atom is -0.341 e. The van der Waals surface area contributed by atoms with Crippen molar-refractivity contribution in [3.05, 3.63) is 58.6 Å². The van der Waals surface area contributed by atoms with Crippen LogP contribution >= 0.6 is 11.6 Å². The molecule has 0 amide bonds. The molecule has 110 valence electrons. The fourth-order valence-corrected chi connectivity index (χ4v) is 3.37. The summed E-state index contributed by atoms with van der Waals surface area (Å²) in [6.07, 6.45) is 1.97. The maximum absolute atomic E-state index is 6.41. The normalized spacial score (nSPS) is 17.7. The molecule has 2 aromatic carbocycles. The van der Waals surface area contributed by atoms with Crippen molar-refractivity contribution in [3.63, 3.8) is 0 Å². The average molecular weight is 301 g/mol. The Morgan fingerprint density at radius 3 is 2.81 bits per heavy atom. The highest BCUT2D eigenvalue weighted by Gasteiger charge is 2.22. The van der Waals surface area contributed by atoms with Crippen LogP contribution in [0.4, 0.5) is 11.4 Å². The first-order valence-corrected chi connectivity index (χ1v) is 7.90. The second-order valence-corrected chi connectivity index (χ2v) is 6.27. The van der Waals surface area contributed by atoms with Crippen LogP contribution in [0.3, 0.4) is 0 Å². The van der Waals surface area contributed by atoms with E-state index in [1.165, 1.54) is 16.9 Å². The number of rotatable bonds is 3. The molecule has 0 bridgehead atoms. The van der Waals surface area contributed by atoms with Crippen LogP contribution in [0, 0.1) is 5.92 Å². The number of nitrogens with two attached hydrogens (primary N) is 1. The van der Waals surface area contributed by atoms with Crippen molar-refractivity contribution < 1.29 is 0 Å². The maximum Gasteiger partial charge on any atom is 0.0459 e. The standard InChI is InChI=1S/C18H21ClN2/c1-13-10-15-4-2-3-5-18(15)21(12-13)16-7-6-14(8-9-20)17(19)11-16/h2-7,11,13H,8-10,12,20H2,1H3. The van der Waals surface area contributed by atoms with Gasteiger partial charge in [0, 0.05) is 22.9 Å². The van der Waals surface area contributed by atoms with Gasteiger partial charge < -0.3 is 10.6 Å². The van der Waals surface area contributed by atoms with E-state index in [1.807, 2.05) is 0 Å². The molecule has 1 unspecified atom stereocenters. The summed E-state index contributed by atoms with van der Waals surface area (Å²) in [5, 5.41) is 0.814. The molecule has 3 heteroatoms. The fraction of sp³-hybridized carbons (Fsp3) is 0.333. The summed E-state index contributed by atoms with van der Waals surface area (Å²) in [4.78, 5) is 2.38. The average Bonchev–Trinajstić information content (AvgIpc) is 2.48. The van der Waals surface area contributed by atoms with E-state index in [0.29, 0.717) is 12.5 Å². The topological polar surface area (TPSA) is 29.3 Å². The van der Waals surface area contributed by atoms with E-state index >= 15 is 0 Å². The van der Waals surface area contributed by atoms with Gasteiger partial charge in [0.2, 0.25) is 0 Å². The number of para-hydroxylation sites is 1. The Labute approximate surface area is 131 Å². The summed E-state index contributed by atoms with van der Waals surface area (Å²) in [6.45, 7) is 3.96. The van der Waals surface area contributed by atoms with E-state index in [1.54, 1.807) is 0 Å². The predicted octanol–water partition coefficient (Wildman–Crippen LogP) is 4.17. The molecule has 0 spiro atoms. The van der Waals surface area contributed by atoms with E-state index in [9.17, 15) is 0 Å². The summed E-state index contributed by atoms with van der Waals surface area (Å²) in [7, 11) is 0. The molecule has 1 heterocycles. The van der Waals surface area contributed by atoms with Crippen molar-refractivity contribution in [1.29, 1.82) is 0 Å². The smallest absolute Gasteiger partial charge is 0.0459 e. The molecular weight excluding hydrogens is 280 g/mol. The number of hydrogen-bond donors (Lipinski definition) is 1. The Morgan fingerprint density at radius 2 is 2.05 bits per heavy atom. The van der Waals surface area contributed by atoms with Gasteiger partial charge in [-0.3, -0.25) is 0 Å². The van der Waals surface area contributed by atoms with Crippen LogP contribution in [0.15, 0.2) is 42.5 Å². The van der Waals surface area contributed by atoms with Crippen molar-refractivity contribution in [3.8, 4) is 0 Å². The van der Waals surface area contributed by atoms with Crippen LogP contribution < -0.4 is 10.6 Å². The Bertz CT molecular complexity index is 639. The SMILES string of the molecule is CC1Cc2ccccc2N(c2ccc(CCN)c(Cl)c2)C1. The lowest BCUT2D eigenvalue weighted by atomic mass is 9.93. The third kappa shape index (κ3) is 2.92. The van der Waals surface area contributed by atoms with Gasteiger partial charge in [0.15, 0.2) is 0 Å². The van der Waals surface area contributed by atoms with Crippen molar-refractivity contribution >= 4 is 23.0 Å². The van der Waals surface area contributed by atoms with Gasteiger partial charge in [-0.1, -0.05) is 42.8 Å². The molecule has 2 aromatic rings. The highest BCUT2D eigenvalue weighted by atomic mass is 35.5. The van der Waals surface area contributed by atoms with E-state index in [2.05, 4.69) is 54.3 Å². The number of nitrogens with zero attached hydrogens (tertiary/aromatic N) is 1. The van der Waals surface area contributed by atoms with E-state index in [4.69, 9.17) is 17.3 Å². The molecule has 2 N–H and O–H groups in total. The summed E-state index contributed by atoms with van der Waals surface area (Å²) in [5.74, 6) is 0.641. The van der Waals surface area contributed by atoms with Crippen LogP contribution in [-0.2, 0) is 12.8 Å². The lowest BCUT2D eigenvalue weighted by Crippen LogP contribution is -2.30. The second kappa shape index (κ2) is 6.08. The number of benzene rings is 2. The van der Waals surface area contributed by atoms with Gasteiger partial charge in [0.25, 0.3) is 0 Å². The third-order valence-corrected chi connectivity index (χ3v) is 4.46. The quantitative estimate of drug-likeness (QED) is 0.922. The number of anilines is 2. The zero-order chi connectivity index (χ0) is 14.8. The summed E-state index contributed by atoms with van der Waals surface area (Å²) >= 11 is 6.41. The molecular formula is C18H21ClN2. The summed E-state index contributed by atoms with van der Waals surface area (Å²) in [6, 6.07) is 15.0. The van der Waals surface area contributed by atoms with Gasteiger partial charge in [-0.15, -0.1) is 0 Å². The monoisotopic (exact) mass is 300 g/mol. The third-order valence-electron chi connectivity index (χ3n) is 4.11. The molecule has 0 aromatic heterocycles. The van der Waals surface area contributed by atoms with Crippen LogP contribution in [0.2, 0.25) is 5.02 Å². The molecule has 0 saturated heterocycles. The van der Waals surface area contributed by atoms with E-state index < -0.39 is 0 Å². The van der Waals surface area contributed by atoms with Gasteiger partial charge in [-0.25, -0.2) is 0 Å². The van der Waals surface area contributed by atoms with Crippen molar-refractivity contribution in [2.75, 3.05) is 18.0 Å². The van der Waals surface area contributed by atoms with E-state index in [0.717, 1.165) is 30.0 Å². The first kappa shape index (κ1) is 14.4.